The molecule has 1 aromatic rings. The second-order valence-corrected chi connectivity index (χ2v) is 6.68. The number of piperidine rings is 1. The van der Waals surface area contributed by atoms with Crippen LogP contribution in [0.3, 0.4) is 0 Å². The molecule has 1 N–H and O–H groups in total. The summed E-state index contributed by atoms with van der Waals surface area (Å²) in [5.74, 6) is 1.34. The Morgan fingerprint density at radius 3 is 2.35 bits per heavy atom. The lowest BCUT2D eigenvalue weighted by atomic mass is 9.84. The van der Waals surface area contributed by atoms with Crippen LogP contribution in [0.2, 0.25) is 0 Å². The zero-order valence-corrected chi connectivity index (χ0v) is 14.0. The molecule has 23 heavy (non-hydrogen) atoms. The Labute approximate surface area is 137 Å². The maximum absolute atomic E-state index is 12.6. The Balaban J connectivity index is 1.54. The van der Waals surface area contributed by atoms with Crippen molar-refractivity contribution in [1.82, 2.24) is 19.7 Å². The summed E-state index contributed by atoms with van der Waals surface area (Å²) >= 11 is 0. The zero-order chi connectivity index (χ0) is 16.4. The molecule has 2 fully saturated rings. The highest BCUT2D eigenvalue weighted by atomic mass is 16.2. The van der Waals surface area contributed by atoms with E-state index in [9.17, 15) is 9.59 Å². The fourth-order valence-electron chi connectivity index (χ4n) is 3.93. The lowest BCUT2D eigenvalue weighted by Crippen LogP contribution is -2.44. The van der Waals surface area contributed by atoms with Crippen molar-refractivity contribution >= 4 is 11.9 Å². The van der Waals surface area contributed by atoms with Crippen molar-refractivity contribution in [3.8, 4) is 0 Å². The molecule has 0 aliphatic carbocycles. The van der Waals surface area contributed by atoms with Crippen LogP contribution in [0.4, 0.5) is 4.79 Å². The first kappa shape index (κ1) is 15.9. The molecule has 2 saturated heterocycles. The lowest BCUT2D eigenvalue weighted by molar-refractivity contribution is 0.0767. The van der Waals surface area contributed by atoms with Crippen molar-refractivity contribution in [3.63, 3.8) is 0 Å². The van der Waals surface area contributed by atoms with Gasteiger partial charge in [-0.2, -0.15) is 0 Å². The maximum atomic E-state index is 12.6. The Morgan fingerprint density at radius 1 is 1.09 bits per heavy atom. The first-order chi connectivity index (χ1) is 11.1. The molecule has 1 unspecified atom stereocenters. The van der Waals surface area contributed by atoms with Crippen molar-refractivity contribution in [2.24, 2.45) is 18.9 Å². The fourth-order valence-corrected chi connectivity index (χ4v) is 3.93. The molecule has 2 aliphatic rings. The normalized spacial score (nSPS) is 22.4. The molecule has 0 aromatic carbocycles. The highest BCUT2D eigenvalue weighted by Crippen LogP contribution is 2.32. The van der Waals surface area contributed by atoms with Gasteiger partial charge in [0.1, 0.15) is 5.69 Å². The molecular formula is C17H26N4O2. The quantitative estimate of drug-likeness (QED) is 0.899. The van der Waals surface area contributed by atoms with Gasteiger partial charge >= 0.3 is 6.03 Å². The monoisotopic (exact) mass is 318 g/mol. The van der Waals surface area contributed by atoms with E-state index >= 15 is 0 Å². The molecule has 6 nitrogen and oxygen atoms in total. The number of nitrogens with zero attached hydrogens (tertiary/aromatic N) is 3. The van der Waals surface area contributed by atoms with E-state index in [1.807, 2.05) is 39.7 Å². The summed E-state index contributed by atoms with van der Waals surface area (Å²) in [5.41, 5.74) is 0.764. The minimum Gasteiger partial charge on any atom is -0.347 e. The molecule has 6 heteroatoms. The van der Waals surface area contributed by atoms with Gasteiger partial charge in [0.05, 0.1) is 0 Å². The largest absolute Gasteiger partial charge is 0.347 e. The average Bonchev–Trinajstić information content (AvgIpc) is 3.23. The number of likely N-dealkylation sites (tertiary alicyclic amines) is 2. The van der Waals surface area contributed by atoms with Gasteiger partial charge in [-0.1, -0.05) is 0 Å². The SMILES string of the molecule is CNC(=O)N1CCC(C2CCN(C(=O)c3cccn3C)C2)CC1. The van der Waals surface area contributed by atoms with Crippen molar-refractivity contribution in [2.45, 2.75) is 19.3 Å². The van der Waals surface area contributed by atoms with Crippen molar-refractivity contribution in [1.29, 1.82) is 0 Å². The van der Waals surface area contributed by atoms with Gasteiger partial charge in [-0.3, -0.25) is 4.79 Å². The van der Waals surface area contributed by atoms with Crippen LogP contribution in [0.5, 0.6) is 0 Å². The van der Waals surface area contributed by atoms with Crippen LogP contribution in [0, 0.1) is 11.8 Å². The van der Waals surface area contributed by atoms with Crippen LogP contribution in [-0.2, 0) is 7.05 Å². The van der Waals surface area contributed by atoms with Crippen molar-refractivity contribution < 1.29 is 9.59 Å². The summed E-state index contributed by atoms with van der Waals surface area (Å²) in [4.78, 5) is 28.1. The molecule has 0 spiro atoms. The molecule has 3 heterocycles. The second-order valence-electron chi connectivity index (χ2n) is 6.68. The van der Waals surface area contributed by atoms with E-state index < -0.39 is 0 Å². The first-order valence-corrected chi connectivity index (χ1v) is 8.47. The third kappa shape index (κ3) is 3.21. The Kier molecular flexibility index (Phi) is 4.59. The fraction of sp³-hybridized carbons (Fsp3) is 0.647. The third-order valence-electron chi connectivity index (χ3n) is 5.38. The minimum atomic E-state index is 0.0235. The molecule has 1 aromatic heterocycles. The number of carbonyl (C=O) groups excluding carboxylic acids is 2. The molecule has 0 bridgehead atoms. The number of urea groups is 1. The Morgan fingerprint density at radius 2 is 1.74 bits per heavy atom. The summed E-state index contributed by atoms with van der Waals surface area (Å²) in [5, 5.41) is 2.69. The van der Waals surface area contributed by atoms with Gasteiger partial charge in [-0.05, 0) is 43.2 Å². The molecule has 0 radical (unpaired) electrons. The topological polar surface area (TPSA) is 57.6 Å². The molecule has 2 aliphatic heterocycles. The summed E-state index contributed by atoms with van der Waals surface area (Å²) in [6.45, 7) is 3.36. The van der Waals surface area contributed by atoms with Gasteiger partial charge in [0.25, 0.3) is 5.91 Å². The van der Waals surface area contributed by atoms with E-state index in [4.69, 9.17) is 0 Å². The highest BCUT2D eigenvalue weighted by Gasteiger charge is 2.35. The van der Waals surface area contributed by atoms with E-state index in [0.717, 1.165) is 51.1 Å². The number of hydrogen-bond acceptors (Lipinski definition) is 2. The number of aryl methyl sites for hydroxylation is 1. The van der Waals surface area contributed by atoms with Crippen molar-refractivity contribution in [2.75, 3.05) is 33.2 Å². The third-order valence-corrected chi connectivity index (χ3v) is 5.38. The summed E-state index contributed by atoms with van der Waals surface area (Å²) in [6, 6.07) is 3.82. The van der Waals surface area contributed by atoms with Gasteiger partial charge in [0.2, 0.25) is 0 Å². The van der Waals surface area contributed by atoms with E-state index in [1.165, 1.54) is 0 Å². The van der Waals surface area contributed by atoms with E-state index in [1.54, 1.807) is 7.05 Å². The first-order valence-electron chi connectivity index (χ1n) is 8.47. The average molecular weight is 318 g/mol. The van der Waals surface area contributed by atoms with Gasteiger partial charge in [0.15, 0.2) is 0 Å². The van der Waals surface area contributed by atoms with Gasteiger partial charge in [-0.15, -0.1) is 0 Å². The highest BCUT2D eigenvalue weighted by molar-refractivity contribution is 5.92. The van der Waals surface area contributed by atoms with Crippen molar-refractivity contribution in [3.05, 3.63) is 24.0 Å². The molecule has 3 rings (SSSR count). The number of amides is 3. The van der Waals surface area contributed by atoms with Gasteiger partial charge in [-0.25, -0.2) is 4.79 Å². The summed E-state index contributed by atoms with van der Waals surface area (Å²) in [6.07, 6.45) is 5.09. The molecule has 0 saturated carbocycles. The van der Waals surface area contributed by atoms with Crippen LogP contribution in [0.25, 0.3) is 0 Å². The van der Waals surface area contributed by atoms with Crippen LogP contribution in [0.1, 0.15) is 29.8 Å². The van der Waals surface area contributed by atoms with E-state index in [-0.39, 0.29) is 11.9 Å². The van der Waals surface area contributed by atoms with Gasteiger partial charge < -0.3 is 19.7 Å². The molecule has 126 valence electrons. The molecule has 3 amide bonds. The lowest BCUT2D eigenvalue weighted by Gasteiger charge is -2.34. The Bertz CT molecular complexity index is 575. The number of aromatic nitrogens is 1. The van der Waals surface area contributed by atoms with E-state index in [0.29, 0.717) is 11.8 Å². The predicted molar refractivity (Wildman–Crippen MR) is 88.2 cm³/mol. The zero-order valence-electron chi connectivity index (χ0n) is 14.0. The second kappa shape index (κ2) is 6.64. The van der Waals surface area contributed by atoms with Crippen LogP contribution in [-0.4, -0.2) is 59.5 Å². The smallest absolute Gasteiger partial charge is 0.317 e. The maximum Gasteiger partial charge on any atom is 0.317 e. The van der Waals surface area contributed by atoms with Crippen LogP contribution >= 0.6 is 0 Å². The summed E-state index contributed by atoms with van der Waals surface area (Å²) < 4.78 is 1.89. The standard InChI is InChI=1S/C17H26N4O2/c1-18-17(23)20-9-5-13(6-10-20)14-7-11-21(12-14)16(22)15-4-3-8-19(15)2/h3-4,8,13-14H,5-7,9-12H2,1-2H3,(H,18,23). The van der Waals surface area contributed by atoms with Gasteiger partial charge in [0, 0.05) is 46.5 Å². The summed E-state index contributed by atoms with van der Waals surface area (Å²) in [7, 11) is 3.59. The number of nitrogens with one attached hydrogen (secondary N) is 1. The Hall–Kier alpha value is -1.98. The number of rotatable bonds is 2. The predicted octanol–water partition coefficient (Wildman–Crippen LogP) is 1.54. The van der Waals surface area contributed by atoms with Crippen LogP contribution in [0.15, 0.2) is 18.3 Å². The van der Waals surface area contributed by atoms with E-state index in [2.05, 4.69) is 5.32 Å². The molecule has 1 atom stereocenters. The minimum absolute atomic E-state index is 0.0235. The molecular weight excluding hydrogens is 292 g/mol. The number of hydrogen-bond donors (Lipinski definition) is 1. The van der Waals surface area contributed by atoms with Crippen LogP contribution < -0.4 is 5.32 Å². The number of carbonyl (C=O) groups is 2.